The molecule has 0 saturated carbocycles. The summed E-state index contributed by atoms with van der Waals surface area (Å²) in [6.45, 7) is 2.04. The third-order valence-corrected chi connectivity index (χ3v) is 3.78. The van der Waals surface area contributed by atoms with Crippen molar-refractivity contribution >= 4 is 28.5 Å². The Morgan fingerprint density at radius 2 is 1.95 bits per heavy atom. The molecule has 0 saturated heterocycles. The average molecular weight is 301 g/mol. The Morgan fingerprint density at radius 1 is 1.19 bits per heavy atom. The molecule has 3 aromatic rings. The number of para-hydroxylation sites is 2. The van der Waals surface area contributed by atoms with Crippen molar-refractivity contribution in [2.75, 3.05) is 19.0 Å². The number of benzene rings is 1. The molecule has 0 amide bonds. The molecule has 5 heteroatoms. The summed E-state index contributed by atoms with van der Waals surface area (Å²) < 4.78 is 2.05. The van der Waals surface area contributed by atoms with E-state index in [0.29, 0.717) is 5.88 Å². The van der Waals surface area contributed by atoms with Crippen LogP contribution >= 0.6 is 11.6 Å². The minimum absolute atomic E-state index is 0.345. The third-order valence-electron chi connectivity index (χ3n) is 3.54. The summed E-state index contributed by atoms with van der Waals surface area (Å²) in [7, 11) is 4.05. The highest BCUT2D eigenvalue weighted by Crippen LogP contribution is 2.29. The largest absolute Gasteiger partial charge is 0.376 e. The van der Waals surface area contributed by atoms with Crippen LogP contribution in [0.1, 0.15) is 11.4 Å². The molecule has 0 bridgehead atoms. The molecule has 3 rings (SSSR count). The zero-order valence-corrected chi connectivity index (χ0v) is 13.1. The number of fused-ring (bicyclic) bond motifs is 1. The Bertz CT molecular complexity index is 792. The number of alkyl halides is 1. The van der Waals surface area contributed by atoms with Gasteiger partial charge in [-0.3, -0.25) is 4.57 Å². The van der Waals surface area contributed by atoms with Crippen molar-refractivity contribution in [3.05, 3.63) is 47.9 Å². The molecule has 0 unspecified atom stereocenters. The van der Waals surface area contributed by atoms with E-state index in [-0.39, 0.29) is 0 Å². The van der Waals surface area contributed by atoms with E-state index in [1.807, 2.05) is 50.0 Å². The predicted octanol–water partition coefficient (Wildman–Crippen LogP) is 3.53. The molecule has 2 heterocycles. The van der Waals surface area contributed by atoms with E-state index in [9.17, 15) is 0 Å². The van der Waals surface area contributed by atoms with Gasteiger partial charge in [0, 0.05) is 20.3 Å². The van der Waals surface area contributed by atoms with Crippen molar-refractivity contribution in [1.82, 2.24) is 14.5 Å². The van der Waals surface area contributed by atoms with Crippen molar-refractivity contribution in [3.63, 3.8) is 0 Å². The summed E-state index contributed by atoms with van der Waals surface area (Å²) in [6.07, 6.45) is 1.81. The van der Waals surface area contributed by atoms with Crippen molar-refractivity contribution < 1.29 is 0 Å². The van der Waals surface area contributed by atoms with Crippen molar-refractivity contribution in [1.29, 1.82) is 0 Å². The van der Waals surface area contributed by atoms with Crippen molar-refractivity contribution in [3.8, 4) is 5.69 Å². The Hall–Kier alpha value is -2.07. The number of hydrogen-bond donors (Lipinski definition) is 0. The number of pyridine rings is 1. The SMILES string of the molecule is Cc1ccnc2c1nc(CCl)n2-c1ccccc1N(C)C. The molecule has 0 spiro atoms. The second-order valence-corrected chi connectivity index (χ2v) is 5.45. The highest BCUT2D eigenvalue weighted by atomic mass is 35.5. The lowest BCUT2D eigenvalue weighted by molar-refractivity contribution is 0.958. The molecule has 0 fully saturated rings. The lowest BCUT2D eigenvalue weighted by Gasteiger charge is -2.19. The maximum Gasteiger partial charge on any atom is 0.165 e. The molecule has 0 radical (unpaired) electrons. The summed E-state index contributed by atoms with van der Waals surface area (Å²) >= 11 is 6.11. The van der Waals surface area contributed by atoms with Crippen LogP contribution in [0.25, 0.3) is 16.9 Å². The van der Waals surface area contributed by atoms with Crippen LogP contribution in [0.5, 0.6) is 0 Å². The number of aromatic nitrogens is 3. The number of imidazole rings is 1. The smallest absolute Gasteiger partial charge is 0.165 e. The van der Waals surface area contributed by atoms with E-state index in [2.05, 4.69) is 27.0 Å². The second-order valence-electron chi connectivity index (χ2n) is 5.18. The minimum Gasteiger partial charge on any atom is -0.376 e. The summed E-state index contributed by atoms with van der Waals surface area (Å²) in [5.74, 6) is 1.15. The molecule has 0 N–H and O–H groups in total. The van der Waals surface area contributed by atoms with E-state index < -0.39 is 0 Å². The van der Waals surface area contributed by atoms with Crippen LogP contribution in [0.4, 0.5) is 5.69 Å². The fourth-order valence-corrected chi connectivity index (χ4v) is 2.69. The summed E-state index contributed by atoms with van der Waals surface area (Å²) in [5, 5.41) is 0. The Kier molecular flexibility index (Phi) is 3.55. The zero-order valence-electron chi connectivity index (χ0n) is 12.3. The van der Waals surface area contributed by atoms with Crippen molar-refractivity contribution in [2.45, 2.75) is 12.8 Å². The van der Waals surface area contributed by atoms with Gasteiger partial charge in [-0.25, -0.2) is 9.97 Å². The van der Waals surface area contributed by atoms with Gasteiger partial charge in [0.25, 0.3) is 0 Å². The number of anilines is 1. The molecule has 0 aliphatic rings. The molecule has 108 valence electrons. The number of hydrogen-bond acceptors (Lipinski definition) is 3. The van der Waals surface area contributed by atoms with Gasteiger partial charge in [-0.05, 0) is 30.7 Å². The lowest BCUT2D eigenvalue weighted by atomic mass is 10.2. The van der Waals surface area contributed by atoms with Crippen LogP contribution in [0.2, 0.25) is 0 Å². The molecular weight excluding hydrogens is 284 g/mol. The molecule has 0 aliphatic heterocycles. The van der Waals surface area contributed by atoms with E-state index in [1.165, 1.54) is 0 Å². The third kappa shape index (κ3) is 2.25. The maximum absolute atomic E-state index is 6.11. The number of aryl methyl sites for hydroxylation is 1. The van der Waals surface area contributed by atoms with Crippen LogP contribution in [-0.2, 0) is 5.88 Å². The van der Waals surface area contributed by atoms with Gasteiger partial charge in [0.1, 0.15) is 11.3 Å². The maximum atomic E-state index is 6.11. The first-order valence-corrected chi connectivity index (χ1v) is 7.32. The molecule has 4 nitrogen and oxygen atoms in total. The van der Waals surface area contributed by atoms with Gasteiger partial charge in [-0.2, -0.15) is 0 Å². The fourth-order valence-electron chi connectivity index (χ4n) is 2.51. The number of halogens is 1. The summed E-state index contributed by atoms with van der Waals surface area (Å²) in [4.78, 5) is 11.2. The van der Waals surface area contributed by atoms with Crippen LogP contribution < -0.4 is 4.90 Å². The van der Waals surface area contributed by atoms with E-state index in [0.717, 1.165) is 33.9 Å². The first kappa shape index (κ1) is 13.9. The summed E-state index contributed by atoms with van der Waals surface area (Å²) in [6, 6.07) is 10.2. The topological polar surface area (TPSA) is 34.0 Å². The van der Waals surface area contributed by atoms with Crippen LogP contribution in [0, 0.1) is 6.92 Å². The van der Waals surface area contributed by atoms with E-state index in [1.54, 1.807) is 0 Å². The van der Waals surface area contributed by atoms with Gasteiger partial charge in [0.05, 0.1) is 17.3 Å². The number of nitrogens with zero attached hydrogens (tertiary/aromatic N) is 4. The predicted molar refractivity (Wildman–Crippen MR) is 87.5 cm³/mol. The Morgan fingerprint density at radius 3 is 2.67 bits per heavy atom. The Balaban J connectivity index is 2.37. The second kappa shape index (κ2) is 5.37. The van der Waals surface area contributed by atoms with Gasteiger partial charge in [0.2, 0.25) is 0 Å². The van der Waals surface area contributed by atoms with Crippen LogP contribution in [-0.4, -0.2) is 28.6 Å². The molecule has 0 atom stereocenters. The molecule has 21 heavy (non-hydrogen) atoms. The van der Waals surface area contributed by atoms with Crippen LogP contribution in [0.15, 0.2) is 36.5 Å². The first-order valence-electron chi connectivity index (χ1n) is 6.79. The highest BCUT2D eigenvalue weighted by molar-refractivity contribution is 6.17. The van der Waals surface area contributed by atoms with Gasteiger partial charge in [-0.15, -0.1) is 11.6 Å². The monoisotopic (exact) mass is 300 g/mol. The minimum atomic E-state index is 0.345. The molecular formula is C16H17ClN4. The Labute approximate surface area is 129 Å². The van der Waals surface area contributed by atoms with Gasteiger partial charge < -0.3 is 4.90 Å². The lowest BCUT2D eigenvalue weighted by Crippen LogP contribution is -2.13. The highest BCUT2D eigenvalue weighted by Gasteiger charge is 2.17. The van der Waals surface area contributed by atoms with Gasteiger partial charge in [0.15, 0.2) is 5.65 Å². The molecule has 1 aromatic carbocycles. The normalized spacial score (nSPS) is 11.0. The van der Waals surface area contributed by atoms with Crippen molar-refractivity contribution in [2.24, 2.45) is 0 Å². The van der Waals surface area contributed by atoms with Gasteiger partial charge in [-0.1, -0.05) is 12.1 Å². The van der Waals surface area contributed by atoms with E-state index >= 15 is 0 Å². The standard InChI is InChI=1S/C16H17ClN4/c1-11-8-9-18-16-15(11)19-14(10-17)21(16)13-7-5-4-6-12(13)20(2)3/h4-9H,10H2,1-3H3. The average Bonchev–Trinajstić information content (AvgIpc) is 2.87. The summed E-state index contributed by atoms with van der Waals surface area (Å²) in [5.41, 5.74) is 5.00. The quantitative estimate of drug-likeness (QED) is 0.694. The number of rotatable bonds is 3. The zero-order chi connectivity index (χ0) is 15.0. The van der Waals surface area contributed by atoms with Crippen LogP contribution in [0.3, 0.4) is 0 Å². The fraction of sp³-hybridized carbons (Fsp3) is 0.250. The van der Waals surface area contributed by atoms with E-state index in [4.69, 9.17) is 11.6 Å². The molecule has 0 aliphatic carbocycles. The first-order chi connectivity index (χ1) is 10.1. The van der Waals surface area contributed by atoms with Gasteiger partial charge >= 0.3 is 0 Å². The molecule has 2 aromatic heterocycles.